The van der Waals surface area contributed by atoms with Crippen molar-refractivity contribution >= 4 is 9.24 Å². The lowest BCUT2D eigenvalue weighted by molar-refractivity contribution is 0.200. The fraction of sp³-hybridized carbons (Fsp3) is 0.333. The van der Waals surface area contributed by atoms with Crippen molar-refractivity contribution in [1.82, 2.24) is 0 Å². The van der Waals surface area contributed by atoms with Gasteiger partial charge in [-0.1, -0.05) is 30.3 Å². The molecule has 0 aliphatic rings. The number of rotatable bonds is 3. The summed E-state index contributed by atoms with van der Waals surface area (Å²) in [5, 5.41) is 9.29. The Hall–Kier alpha value is -0.390. The van der Waals surface area contributed by atoms with Gasteiger partial charge in [-0.25, -0.2) is 0 Å². The van der Waals surface area contributed by atoms with Gasteiger partial charge < -0.3 is 5.11 Å². The molecule has 0 saturated carbocycles. The van der Waals surface area contributed by atoms with E-state index in [4.69, 9.17) is 0 Å². The highest BCUT2D eigenvalue weighted by atomic mass is 31.0. The molecule has 60 valence electrons. The molecule has 1 aromatic rings. The first-order valence-corrected chi connectivity index (χ1v) is 4.56. The highest BCUT2D eigenvalue weighted by Crippen LogP contribution is 2.04. The van der Waals surface area contributed by atoms with E-state index in [2.05, 4.69) is 9.24 Å². The molecule has 1 rings (SSSR count). The van der Waals surface area contributed by atoms with Crippen molar-refractivity contribution in [1.29, 1.82) is 0 Å². The summed E-state index contributed by atoms with van der Waals surface area (Å²) in [5.74, 6) is 0. The summed E-state index contributed by atoms with van der Waals surface area (Å²) in [4.78, 5) is 0. The quantitative estimate of drug-likeness (QED) is 0.677. The first kappa shape index (κ1) is 8.70. The van der Waals surface area contributed by atoms with E-state index in [1.807, 2.05) is 30.3 Å². The van der Waals surface area contributed by atoms with Gasteiger partial charge in [-0.05, 0) is 18.1 Å². The van der Waals surface area contributed by atoms with Crippen LogP contribution in [-0.4, -0.2) is 17.4 Å². The highest BCUT2D eigenvalue weighted by Gasteiger charge is 2.00. The molecule has 1 nitrogen and oxygen atoms in total. The molecule has 2 unspecified atom stereocenters. The van der Waals surface area contributed by atoms with E-state index in [0.717, 1.165) is 12.6 Å². The van der Waals surface area contributed by atoms with Crippen molar-refractivity contribution < 1.29 is 5.11 Å². The van der Waals surface area contributed by atoms with Crippen LogP contribution in [-0.2, 0) is 6.42 Å². The largest absolute Gasteiger partial charge is 0.392 e. The number of benzene rings is 1. The summed E-state index contributed by atoms with van der Waals surface area (Å²) in [7, 11) is 2.54. The highest BCUT2D eigenvalue weighted by molar-refractivity contribution is 7.16. The Morgan fingerprint density at radius 1 is 1.27 bits per heavy atom. The summed E-state index contributed by atoms with van der Waals surface area (Å²) < 4.78 is 0. The summed E-state index contributed by atoms with van der Waals surface area (Å²) in [6.45, 7) is 0. The molecule has 2 atom stereocenters. The zero-order valence-electron chi connectivity index (χ0n) is 6.40. The molecule has 0 aliphatic carbocycles. The number of hydrogen-bond acceptors (Lipinski definition) is 1. The van der Waals surface area contributed by atoms with Crippen LogP contribution in [0.5, 0.6) is 0 Å². The first-order valence-electron chi connectivity index (χ1n) is 3.75. The zero-order valence-corrected chi connectivity index (χ0v) is 7.56. The standard InChI is InChI=1S/C9H13OP/c10-9(7-11)6-8-4-2-1-3-5-8/h1-5,9-10H,6-7,11H2. The molecule has 1 aromatic carbocycles. The predicted molar refractivity (Wildman–Crippen MR) is 50.7 cm³/mol. The van der Waals surface area contributed by atoms with Crippen LogP contribution in [0.2, 0.25) is 0 Å². The monoisotopic (exact) mass is 168 g/mol. The fourth-order valence-corrected chi connectivity index (χ4v) is 1.14. The third-order valence-corrected chi connectivity index (χ3v) is 2.13. The van der Waals surface area contributed by atoms with Crippen molar-refractivity contribution in [3.63, 3.8) is 0 Å². The molecule has 0 spiro atoms. The van der Waals surface area contributed by atoms with Crippen LogP contribution in [0.3, 0.4) is 0 Å². The van der Waals surface area contributed by atoms with E-state index in [-0.39, 0.29) is 6.10 Å². The molecule has 0 amide bonds. The van der Waals surface area contributed by atoms with Gasteiger partial charge >= 0.3 is 0 Å². The van der Waals surface area contributed by atoms with Gasteiger partial charge in [0.1, 0.15) is 0 Å². The van der Waals surface area contributed by atoms with Gasteiger partial charge in [0.25, 0.3) is 0 Å². The second kappa shape index (κ2) is 4.48. The van der Waals surface area contributed by atoms with Gasteiger partial charge in [-0.3, -0.25) is 0 Å². The van der Waals surface area contributed by atoms with Crippen LogP contribution in [0, 0.1) is 0 Å². The second-order valence-corrected chi connectivity index (χ2v) is 3.05. The average Bonchev–Trinajstić information content (AvgIpc) is 2.06. The maximum absolute atomic E-state index is 9.29. The fourth-order valence-electron chi connectivity index (χ4n) is 0.970. The van der Waals surface area contributed by atoms with Gasteiger partial charge in [-0.15, -0.1) is 9.24 Å². The van der Waals surface area contributed by atoms with E-state index in [1.165, 1.54) is 5.56 Å². The van der Waals surface area contributed by atoms with Gasteiger partial charge in [0.2, 0.25) is 0 Å². The van der Waals surface area contributed by atoms with Crippen molar-refractivity contribution in [3.05, 3.63) is 35.9 Å². The van der Waals surface area contributed by atoms with Crippen molar-refractivity contribution in [2.75, 3.05) is 6.16 Å². The molecule has 0 aliphatic heterocycles. The minimum atomic E-state index is -0.220. The molecular formula is C9H13OP. The van der Waals surface area contributed by atoms with Crippen molar-refractivity contribution in [3.8, 4) is 0 Å². The minimum Gasteiger partial charge on any atom is -0.392 e. The number of aliphatic hydroxyl groups is 1. The summed E-state index contributed by atoms with van der Waals surface area (Å²) in [6.07, 6.45) is 1.28. The van der Waals surface area contributed by atoms with Crippen molar-refractivity contribution in [2.45, 2.75) is 12.5 Å². The molecule has 1 N–H and O–H groups in total. The topological polar surface area (TPSA) is 20.2 Å². The Bertz CT molecular complexity index is 198. The lowest BCUT2D eigenvalue weighted by Crippen LogP contribution is -2.11. The van der Waals surface area contributed by atoms with E-state index < -0.39 is 0 Å². The molecule has 0 fully saturated rings. The lowest BCUT2D eigenvalue weighted by Gasteiger charge is -2.06. The van der Waals surface area contributed by atoms with Crippen LogP contribution < -0.4 is 0 Å². The number of hydrogen-bond donors (Lipinski definition) is 1. The minimum absolute atomic E-state index is 0.220. The van der Waals surface area contributed by atoms with E-state index >= 15 is 0 Å². The Kier molecular flexibility index (Phi) is 3.55. The average molecular weight is 168 g/mol. The predicted octanol–water partition coefficient (Wildman–Crippen LogP) is 1.47. The van der Waals surface area contributed by atoms with Gasteiger partial charge in [-0.2, -0.15) is 0 Å². The van der Waals surface area contributed by atoms with Crippen LogP contribution in [0.25, 0.3) is 0 Å². The molecule has 0 heterocycles. The second-order valence-electron chi connectivity index (χ2n) is 2.58. The zero-order chi connectivity index (χ0) is 8.10. The van der Waals surface area contributed by atoms with Crippen LogP contribution in [0.15, 0.2) is 30.3 Å². The lowest BCUT2D eigenvalue weighted by atomic mass is 10.1. The molecule has 0 bridgehead atoms. The normalized spacial score (nSPS) is 12.9. The molecule has 11 heavy (non-hydrogen) atoms. The van der Waals surface area contributed by atoms with Crippen LogP contribution in [0.4, 0.5) is 0 Å². The molecule has 0 saturated heterocycles. The maximum atomic E-state index is 9.29. The summed E-state index contributed by atoms with van der Waals surface area (Å²) >= 11 is 0. The van der Waals surface area contributed by atoms with Gasteiger partial charge in [0, 0.05) is 0 Å². The van der Waals surface area contributed by atoms with E-state index in [1.54, 1.807) is 0 Å². The molecule has 0 radical (unpaired) electrons. The Morgan fingerprint density at radius 3 is 2.45 bits per heavy atom. The van der Waals surface area contributed by atoms with Gasteiger partial charge in [0.15, 0.2) is 0 Å². The van der Waals surface area contributed by atoms with Gasteiger partial charge in [0.05, 0.1) is 6.10 Å². The van der Waals surface area contributed by atoms with Crippen LogP contribution >= 0.6 is 9.24 Å². The summed E-state index contributed by atoms with van der Waals surface area (Å²) in [6, 6.07) is 10.0. The van der Waals surface area contributed by atoms with E-state index in [9.17, 15) is 5.11 Å². The summed E-state index contributed by atoms with van der Waals surface area (Å²) in [5.41, 5.74) is 1.20. The van der Waals surface area contributed by atoms with E-state index in [0.29, 0.717) is 0 Å². The SMILES string of the molecule is OC(CP)Cc1ccccc1. The molecule has 0 aromatic heterocycles. The Labute approximate surface area is 69.7 Å². The molecule has 2 heteroatoms. The first-order chi connectivity index (χ1) is 5.33. The third kappa shape index (κ3) is 3.00. The number of aliphatic hydroxyl groups excluding tert-OH is 1. The van der Waals surface area contributed by atoms with Crippen molar-refractivity contribution in [2.24, 2.45) is 0 Å². The maximum Gasteiger partial charge on any atom is 0.0614 e. The molecular weight excluding hydrogens is 155 g/mol. The Balaban J connectivity index is 2.51. The smallest absolute Gasteiger partial charge is 0.0614 e. The third-order valence-electron chi connectivity index (χ3n) is 1.59. The Morgan fingerprint density at radius 2 is 1.91 bits per heavy atom. The van der Waals surface area contributed by atoms with Crippen LogP contribution in [0.1, 0.15) is 5.56 Å².